The zero-order valence-electron chi connectivity index (χ0n) is 22.8. The minimum Gasteiger partial charge on any atom is -0.484 e. The van der Waals surface area contributed by atoms with E-state index in [1.54, 1.807) is 13.3 Å². The molecule has 2 aromatic heterocycles. The van der Waals surface area contributed by atoms with Gasteiger partial charge in [0.2, 0.25) is 5.91 Å². The van der Waals surface area contributed by atoms with E-state index in [4.69, 9.17) is 14.5 Å². The van der Waals surface area contributed by atoms with Gasteiger partial charge in [-0.05, 0) is 57.5 Å². The molecule has 1 N–H and O–H groups in total. The minimum atomic E-state index is -2.73. The molecule has 0 radical (unpaired) electrons. The molecule has 6 rings (SSSR count). The Morgan fingerprint density at radius 3 is 2.62 bits per heavy atom. The molecular weight excluding hydrogens is 515 g/mol. The molecule has 0 aliphatic carbocycles. The van der Waals surface area contributed by atoms with Gasteiger partial charge in [0, 0.05) is 55.7 Å². The summed E-state index contributed by atoms with van der Waals surface area (Å²) in [6.07, 6.45) is 5.14. The van der Waals surface area contributed by atoms with Crippen molar-refractivity contribution >= 4 is 35.7 Å². The molecule has 4 aliphatic rings. The molecule has 1 amide bonds. The van der Waals surface area contributed by atoms with Crippen LogP contribution in [0.1, 0.15) is 30.0 Å². The molecule has 0 unspecified atom stereocenters. The van der Waals surface area contributed by atoms with Crippen LogP contribution in [0.25, 0.3) is 0 Å². The van der Waals surface area contributed by atoms with Crippen molar-refractivity contribution in [2.75, 3.05) is 76.0 Å². The summed E-state index contributed by atoms with van der Waals surface area (Å²) >= 11 is 0. The Kier molecular flexibility index (Phi) is 7.12. The molecule has 10 nitrogen and oxygen atoms in total. The predicted octanol–water partition coefficient (Wildman–Crippen LogP) is 2.77. The summed E-state index contributed by atoms with van der Waals surface area (Å²) in [5.41, 5.74) is 4.36. The number of hydrogen-bond acceptors (Lipinski definition) is 9. The number of carbonyl (C=O) groups excluding carboxylic acids is 1. The van der Waals surface area contributed by atoms with Crippen molar-refractivity contribution in [2.24, 2.45) is 0 Å². The number of likely N-dealkylation sites (tertiary alicyclic amines) is 2. The number of pyridine rings is 2. The van der Waals surface area contributed by atoms with Crippen LogP contribution in [0.3, 0.4) is 0 Å². The van der Waals surface area contributed by atoms with E-state index in [2.05, 4.69) is 32.7 Å². The third-order valence-electron chi connectivity index (χ3n) is 8.29. The molecule has 0 atom stereocenters. The van der Waals surface area contributed by atoms with Gasteiger partial charge >= 0.3 is 0 Å². The fraction of sp³-hybridized carbons (Fsp3) is 0.536. The van der Waals surface area contributed by atoms with Gasteiger partial charge < -0.3 is 29.2 Å². The van der Waals surface area contributed by atoms with E-state index in [1.165, 1.54) is 6.08 Å². The van der Waals surface area contributed by atoms with Crippen LogP contribution in [0.4, 0.5) is 17.2 Å². The molecule has 0 aromatic carbocycles. The number of morpholine rings is 1. The van der Waals surface area contributed by atoms with Crippen molar-refractivity contribution in [1.82, 2.24) is 19.8 Å². The Hall–Kier alpha value is -2.94. The fourth-order valence-corrected chi connectivity index (χ4v) is 7.04. The van der Waals surface area contributed by atoms with E-state index in [1.807, 2.05) is 17.2 Å². The van der Waals surface area contributed by atoms with Crippen molar-refractivity contribution in [3.05, 3.63) is 42.2 Å². The highest BCUT2D eigenvalue weighted by Crippen LogP contribution is 2.45. The van der Waals surface area contributed by atoms with Crippen molar-refractivity contribution in [1.29, 1.82) is 0 Å². The van der Waals surface area contributed by atoms with Crippen LogP contribution in [0, 0.1) is 0 Å². The largest absolute Gasteiger partial charge is 0.484 e. The molecule has 3 fully saturated rings. The molecule has 39 heavy (non-hydrogen) atoms. The highest BCUT2D eigenvalue weighted by atomic mass is 31.2. The molecule has 0 saturated carbocycles. The number of ether oxygens (including phenoxy) is 2. The molecular formula is C28H37N6O4P. The number of carbonyl (C=O) groups is 1. The number of amides is 1. The Morgan fingerprint density at radius 2 is 1.92 bits per heavy atom. The molecule has 208 valence electrons. The Balaban J connectivity index is 1.24. The van der Waals surface area contributed by atoms with Crippen LogP contribution in [-0.2, 0) is 20.7 Å². The maximum Gasteiger partial charge on any atom is 0.246 e. The summed E-state index contributed by atoms with van der Waals surface area (Å²) in [6.45, 7) is 13.9. The molecule has 3 saturated heterocycles. The van der Waals surface area contributed by atoms with Crippen LogP contribution in [0.5, 0.6) is 5.75 Å². The number of rotatable bonds is 5. The van der Waals surface area contributed by atoms with Crippen molar-refractivity contribution in [3.63, 3.8) is 0 Å². The number of nitrogens with zero attached hydrogens (tertiary/aromatic N) is 5. The lowest BCUT2D eigenvalue weighted by atomic mass is 9.91. The lowest BCUT2D eigenvalue weighted by Gasteiger charge is -2.47. The zero-order chi connectivity index (χ0) is 27.1. The first-order valence-electron chi connectivity index (χ1n) is 13.8. The number of fused-ring (bicyclic) bond motifs is 2. The second-order valence-corrected chi connectivity index (χ2v) is 14.3. The SMILES string of the molecule is C=CC(=O)N1CC(N2CCC(c3cc4c(c(P(C)(C)=O)n3)OCc3c(N5CCOCC5)ccnc3N4)CC2)C1. The van der Waals surface area contributed by atoms with Crippen LogP contribution < -0.4 is 20.4 Å². The maximum absolute atomic E-state index is 13.5. The topological polar surface area (TPSA) is 100 Å². The average molecular weight is 553 g/mol. The van der Waals surface area contributed by atoms with Crippen LogP contribution in [-0.4, -0.2) is 97.5 Å². The molecule has 0 spiro atoms. The van der Waals surface area contributed by atoms with Gasteiger partial charge in [-0.1, -0.05) is 6.58 Å². The molecule has 2 aromatic rings. The average Bonchev–Trinajstić information content (AvgIpc) is 3.11. The first-order valence-corrected chi connectivity index (χ1v) is 16.4. The fourth-order valence-electron chi connectivity index (χ4n) is 6.01. The van der Waals surface area contributed by atoms with Crippen LogP contribution in [0.2, 0.25) is 0 Å². The van der Waals surface area contributed by atoms with E-state index in [0.29, 0.717) is 37.0 Å². The zero-order valence-corrected chi connectivity index (χ0v) is 23.7. The van der Waals surface area contributed by atoms with Gasteiger partial charge in [-0.2, -0.15) is 0 Å². The highest BCUT2D eigenvalue weighted by Gasteiger charge is 2.37. The summed E-state index contributed by atoms with van der Waals surface area (Å²) in [5, 5.41) is 3.53. The lowest BCUT2D eigenvalue weighted by molar-refractivity contribution is -0.133. The van der Waals surface area contributed by atoms with Crippen molar-refractivity contribution in [3.8, 4) is 5.75 Å². The monoisotopic (exact) mass is 552 g/mol. The smallest absolute Gasteiger partial charge is 0.246 e. The number of nitrogens with one attached hydrogen (secondary N) is 1. The van der Waals surface area contributed by atoms with E-state index in [-0.39, 0.29) is 11.8 Å². The third-order valence-corrected chi connectivity index (χ3v) is 9.62. The minimum absolute atomic E-state index is 0.00857. The van der Waals surface area contributed by atoms with Crippen LogP contribution >= 0.6 is 7.14 Å². The number of aromatic nitrogens is 2. The first kappa shape index (κ1) is 26.3. The van der Waals surface area contributed by atoms with E-state index in [0.717, 1.165) is 80.6 Å². The Labute approximate surface area is 229 Å². The Morgan fingerprint density at radius 1 is 1.18 bits per heavy atom. The quantitative estimate of drug-likeness (QED) is 0.443. The van der Waals surface area contributed by atoms with Gasteiger partial charge in [0.25, 0.3) is 0 Å². The van der Waals surface area contributed by atoms with Gasteiger partial charge in [0.1, 0.15) is 25.0 Å². The van der Waals surface area contributed by atoms with E-state index >= 15 is 0 Å². The molecule has 11 heteroatoms. The van der Waals surface area contributed by atoms with Gasteiger partial charge in [0.05, 0.1) is 24.5 Å². The van der Waals surface area contributed by atoms with E-state index < -0.39 is 7.14 Å². The highest BCUT2D eigenvalue weighted by molar-refractivity contribution is 7.70. The number of piperidine rings is 1. The predicted molar refractivity (Wildman–Crippen MR) is 152 cm³/mol. The lowest BCUT2D eigenvalue weighted by Crippen LogP contribution is -2.61. The summed E-state index contributed by atoms with van der Waals surface area (Å²) in [7, 11) is -2.73. The summed E-state index contributed by atoms with van der Waals surface area (Å²) in [6, 6.07) is 4.51. The Bertz CT molecular complexity index is 1310. The standard InChI is InChI=1S/C28H37N6O4P/c1-4-25(35)34-16-20(17-34)32-9-6-19(7-10-32)22-15-23-26(28(31-22)39(2,3)36)38-18-21-24(5-8-29-27(21)30-23)33-11-13-37-14-12-33/h4-5,8,15,19-20H,1,6-7,9-14,16-18H2,2-3H3,(H,29,30). The normalized spacial score (nSPS) is 20.7. The second kappa shape index (κ2) is 10.6. The maximum atomic E-state index is 13.5. The third kappa shape index (κ3) is 5.17. The van der Waals surface area contributed by atoms with Gasteiger partial charge in [0.15, 0.2) is 5.75 Å². The number of anilines is 3. The van der Waals surface area contributed by atoms with Gasteiger partial charge in [-0.3, -0.25) is 9.69 Å². The summed E-state index contributed by atoms with van der Waals surface area (Å²) in [5.74, 6) is 1.60. The van der Waals surface area contributed by atoms with E-state index in [9.17, 15) is 9.36 Å². The summed E-state index contributed by atoms with van der Waals surface area (Å²) < 4.78 is 25.4. The van der Waals surface area contributed by atoms with Gasteiger partial charge in [-0.15, -0.1) is 0 Å². The first-order chi connectivity index (χ1) is 18.8. The summed E-state index contributed by atoms with van der Waals surface area (Å²) in [4.78, 5) is 28.1. The van der Waals surface area contributed by atoms with Crippen LogP contribution in [0.15, 0.2) is 31.0 Å². The molecule has 0 bridgehead atoms. The molecule has 4 aliphatic heterocycles. The van der Waals surface area contributed by atoms with Crippen molar-refractivity contribution < 1.29 is 18.8 Å². The molecule has 6 heterocycles. The van der Waals surface area contributed by atoms with Crippen molar-refractivity contribution in [2.45, 2.75) is 31.4 Å². The number of hydrogen-bond donors (Lipinski definition) is 1. The van der Waals surface area contributed by atoms with Gasteiger partial charge in [-0.25, -0.2) is 9.97 Å². The second-order valence-electron chi connectivity index (χ2n) is 11.2.